The zero-order valence-electron chi connectivity index (χ0n) is 17.8. The van der Waals surface area contributed by atoms with Crippen molar-refractivity contribution in [2.24, 2.45) is 0 Å². The molecule has 0 aliphatic carbocycles. The van der Waals surface area contributed by atoms with Crippen LogP contribution in [0, 0.1) is 5.82 Å². The van der Waals surface area contributed by atoms with Crippen molar-refractivity contribution in [2.45, 2.75) is 31.2 Å². The van der Waals surface area contributed by atoms with E-state index in [9.17, 15) is 30.8 Å². The molecule has 180 valence electrons. The Morgan fingerprint density at radius 2 is 1.85 bits per heavy atom. The molecule has 0 unspecified atom stereocenters. The lowest BCUT2D eigenvalue weighted by molar-refractivity contribution is -0.140. The third-order valence-electron chi connectivity index (χ3n) is 5.41. The van der Waals surface area contributed by atoms with E-state index in [0.717, 1.165) is 17.2 Å². The van der Waals surface area contributed by atoms with E-state index >= 15 is 0 Å². The fourth-order valence-electron chi connectivity index (χ4n) is 3.56. The lowest BCUT2D eigenvalue weighted by atomic mass is 9.99. The van der Waals surface area contributed by atoms with Crippen molar-refractivity contribution in [3.05, 3.63) is 70.8 Å². The Labute approximate surface area is 192 Å². The average Bonchev–Trinajstić information content (AvgIpc) is 3.29. The predicted molar refractivity (Wildman–Crippen MR) is 113 cm³/mol. The monoisotopic (exact) mass is 497 g/mol. The third-order valence-corrected chi connectivity index (χ3v) is 6.97. The highest BCUT2D eigenvalue weighted by molar-refractivity contribution is 7.91. The van der Waals surface area contributed by atoms with Gasteiger partial charge in [-0.25, -0.2) is 17.8 Å². The van der Waals surface area contributed by atoms with E-state index in [4.69, 9.17) is 4.74 Å². The molecule has 4 rings (SSSR count). The number of fused-ring (bicyclic) bond motifs is 1. The van der Waals surface area contributed by atoms with E-state index < -0.39 is 33.3 Å². The zero-order valence-corrected chi connectivity index (χ0v) is 18.6. The van der Waals surface area contributed by atoms with Gasteiger partial charge in [-0.2, -0.15) is 13.2 Å². The predicted octanol–water partition coefficient (Wildman–Crippen LogP) is 4.35. The highest BCUT2D eigenvalue weighted by Gasteiger charge is 2.34. The van der Waals surface area contributed by atoms with Crippen LogP contribution in [0.2, 0.25) is 0 Å². The minimum atomic E-state index is -4.79. The van der Waals surface area contributed by atoms with E-state index in [2.05, 4.69) is 9.97 Å². The van der Waals surface area contributed by atoms with Crippen molar-refractivity contribution < 1.29 is 35.5 Å². The number of ether oxygens (including phenoxy) is 1. The molecule has 34 heavy (non-hydrogen) atoms. The number of H-pyrrole nitrogens is 1. The number of aromatic amines is 1. The van der Waals surface area contributed by atoms with Crippen molar-refractivity contribution in [3.63, 3.8) is 0 Å². The van der Waals surface area contributed by atoms with Gasteiger partial charge >= 0.3 is 6.18 Å². The molecule has 0 bridgehead atoms. The van der Waals surface area contributed by atoms with Gasteiger partial charge in [-0.1, -0.05) is 13.0 Å². The Bertz CT molecular complexity index is 1350. The molecule has 0 spiro atoms. The number of alkyl halides is 3. The maximum absolute atomic E-state index is 13.8. The van der Waals surface area contributed by atoms with E-state index in [1.807, 2.05) is 0 Å². The first-order valence-electron chi connectivity index (χ1n) is 10.2. The summed E-state index contributed by atoms with van der Waals surface area (Å²) in [5.74, 6) is -1.74. The normalized spacial score (nSPS) is 14.1. The van der Waals surface area contributed by atoms with E-state index in [0.29, 0.717) is 30.8 Å². The number of hydrogen-bond acceptors (Lipinski definition) is 5. The Hall–Kier alpha value is -3.41. The number of halogens is 4. The second-order valence-electron chi connectivity index (χ2n) is 7.64. The molecule has 1 aromatic heterocycles. The van der Waals surface area contributed by atoms with Crippen LogP contribution >= 0.6 is 0 Å². The maximum Gasteiger partial charge on any atom is 0.419 e. The SMILES string of the molecule is CCS(=O)(=O)c1nc(C(=O)N2CCc3cc(Oc4ccc(C(F)(F)F)c(F)c4)ccc3C2)c[nH]1. The second kappa shape index (κ2) is 8.75. The van der Waals surface area contributed by atoms with Gasteiger partial charge in [0.15, 0.2) is 0 Å². The van der Waals surface area contributed by atoms with Crippen LogP contribution < -0.4 is 4.74 Å². The van der Waals surface area contributed by atoms with Crippen LogP contribution in [0.25, 0.3) is 0 Å². The van der Waals surface area contributed by atoms with Crippen molar-refractivity contribution in [1.82, 2.24) is 14.9 Å². The highest BCUT2D eigenvalue weighted by atomic mass is 32.2. The minimum absolute atomic E-state index is 0.000223. The molecule has 0 radical (unpaired) electrons. The molecule has 3 aromatic rings. The molecular weight excluding hydrogens is 478 g/mol. The minimum Gasteiger partial charge on any atom is -0.457 e. The van der Waals surface area contributed by atoms with Crippen LogP contribution in [0.4, 0.5) is 17.6 Å². The first kappa shape index (κ1) is 23.7. The lowest BCUT2D eigenvalue weighted by Crippen LogP contribution is -2.36. The van der Waals surface area contributed by atoms with Gasteiger partial charge in [0.1, 0.15) is 23.0 Å². The topological polar surface area (TPSA) is 92.4 Å². The average molecular weight is 497 g/mol. The smallest absolute Gasteiger partial charge is 0.419 e. The molecule has 0 atom stereocenters. The lowest BCUT2D eigenvalue weighted by Gasteiger charge is -2.28. The molecule has 0 saturated heterocycles. The molecule has 2 aromatic carbocycles. The summed E-state index contributed by atoms with van der Waals surface area (Å²) in [6.45, 7) is 2.08. The summed E-state index contributed by atoms with van der Waals surface area (Å²) in [6.07, 6.45) is -3.07. The van der Waals surface area contributed by atoms with Crippen LogP contribution in [0.1, 0.15) is 34.1 Å². The van der Waals surface area contributed by atoms with E-state index in [-0.39, 0.29) is 28.9 Å². The third kappa shape index (κ3) is 4.76. The zero-order chi connectivity index (χ0) is 24.7. The summed E-state index contributed by atoms with van der Waals surface area (Å²) in [6, 6.07) is 7.32. The van der Waals surface area contributed by atoms with E-state index in [1.54, 1.807) is 18.2 Å². The Balaban J connectivity index is 1.47. The Morgan fingerprint density at radius 1 is 1.15 bits per heavy atom. The number of imidazole rings is 1. The van der Waals surface area contributed by atoms with E-state index in [1.165, 1.54) is 18.0 Å². The molecule has 12 heteroatoms. The molecule has 0 fully saturated rings. The van der Waals surface area contributed by atoms with Gasteiger partial charge in [0.25, 0.3) is 5.91 Å². The molecule has 1 aliphatic rings. The van der Waals surface area contributed by atoms with Gasteiger partial charge in [-0.15, -0.1) is 0 Å². The largest absolute Gasteiger partial charge is 0.457 e. The van der Waals surface area contributed by atoms with Gasteiger partial charge in [-0.05, 0) is 41.8 Å². The number of hydrogen-bond donors (Lipinski definition) is 1. The molecule has 1 aliphatic heterocycles. The molecule has 7 nitrogen and oxygen atoms in total. The summed E-state index contributed by atoms with van der Waals surface area (Å²) in [5, 5.41) is -0.253. The Morgan fingerprint density at radius 3 is 2.53 bits per heavy atom. The van der Waals surface area contributed by atoms with Crippen molar-refractivity contribution >= 4 is 15.7 Å². The van der Waals surface area contributed by atoms with Crippen LogP contribution in [-0.2, 0) is 29.0 Å². The standard InChI is InChI=1S/C22H19F4N3O4S/c1-2-34(31,32)21-27-11-19(28-21)20(30)29-8-7-13-9-15(4-3-14(13)12-29)33-16-5-6-17(18(23)10-16)22(24,25)26/h3-6,9-11H,2,7-8,12H2,1H3,(H,27,28). The quantitative estimate of drug-likeness (QED) is 0.529. The number of nitrogens with zero attached hydrogens (tertiary/aromatic N) is 2. The van der Waals surface area contributed by atoms with Gasteiger partial charge in [0.2, 0.25) is 15.0 Å². The van der Waals surface area contributed by atoms with Crippen LogP contribution in [0.15, 0.2) is 47.8 Å². The molecule has 1 N–H and O–H groups in total. The number of aromatic nitrogens is 2. The fourth-order valence-corrected chi connectivity index (χ4v) is 4.31. The number of nitrogens with one attached hydrogen (secondary N) is 1. The Kier molecular flexibility index (Phi) is 6.11. The fraction of sp³-hybridized carbons (Fsp3) is 0.273. The number of carbonyl (C=O) groups is 1. The van der Waals surface area contributed by atoms with Gasteiger partial charge in [-0.3, -0.25) is 4.79 Å². The van der Waals surface area contributed by atoms with Gasteiger partial charge in [0.05, 0.1) is 11.3 Å². The molecule has 2 heterocycles. The first-order valence-corrected chi connectivity index (χ1v) is 11.9. The number of sulfone groups is 1. The summed E-state index contributed by atoms with van der Waals surface area (Å²) in [4.78, 5) is 20.8. The summed E-state index contributed by atoms with van der Waals surface area (Å²) < 4.78 is 81.3. The number of benzene rings is 2. The number of rotatable bonds is 5. The summed E-state index contributed by atoms with van der Waals surface area (Å²) >= 11 is 0. The molecule has 0 saturated carbocycles. The second-order valence-corrected chi connectivity index (χ2v) is 9.84. The van der Waals surface area contributed by atoms with Gasteiger partial charge in [0, 0.05) is 25.4 Å². The molecular formula is C22H19F4N3O4S. The van der Waals surface area contributed by atoms with Crippen LogP contribution in [0.5, 0.6) is 11.5 Å². The highest BCUT2D eigenvalue weighted by Crippen LogP contribution is 2.34. The summed E-state index contributed by atoms with van der Waals surface area (Å²) in [7, 11) is -3.56. The van der Waals surface area contributed by atoms with Crippen LogP contribution in [0.3, 0.4) is 0 Å². The number of amides is 1. The number of carbonyl (C=O) groups excluding carboxylic acids is 1. The van der Waals surface area contributed by atoms with Crippen molar-refractivity contribution in [2.75, 3.05) is 12.3 Å². The van der Waals surface area contributed by atoms with Crippen molar-refractivity contribution in [1.29, 1.82) is 0 Å². The van der Waals surface area contributed by atoms with Crippen LogP contribution in [-0.4, -0.2) is 41.5 Å². The maximum atomic E-state index is 13.8. The van der Waals surface area contributed by atoms with Gasteiger partial charge < -0.3 is 14.6 Å². The summed E-state index contributed by atoms with van der Waals surface area (Å²) in [5.41, 5.74) is 0.318. The van der Waals surface area contributed by atoms with Crippen molar-refractivity contribution in [3.8, 4) is 11.5 Å². The first-order chi connectivity index (χ1) is 16.0. The molecule has 1 amide bonds.